The van der Waals surface area contributed by atoms with Crippen LogP contribution in [-0.2, 0) is 0 Å². The SMILES string of the molecule is COc1ccc(NC(C)CC(C)C)cc1O. The van der Waals surface area contributed by atoms with Gasteiger partial charge in [0.05, 0.1) is 7.11 Å². The van der Waals surface area contributed by atoms with Crippen molar-refractivity contribution in [1.29, 1.82) is 0 Å². The second-order valence-electron chi connectivity index (χ2n) is 4.56. The van der Waals surface area contributed by atoms with Gasteiger partial charge in [0.25, 0.3) is 0 Å². The molecule has 0 aliphatic carbocycles. The molecule has 1 aromatic rings. The summed E-state index contributed by atoms with van der Waals surface area (Å²) in [7, 11) is 1.55. The predicted molar refractivity (Wildman–Crippen MR) is 67.2 cm³/mol. The van der Waals surface area contributed by atoms with Crippen molar-refractivity contribution in [1.82, 2.24) is 0 Å². The van der Waals surface area contributed by atoms with E-state index in [1.54, 1.807) is 19.2 Å². The molecule has 0 aliphatic rings. The van der Waals surface area contributed by atoms with Crippen LogP contribution in [0.5, 0.6) is 11.5 Å². The predicted octanol–water partition coefficient (Wildman–Crippen LogP) is 3.25. The van der Waals surface area contributed by atoms with E-state index in [1.165, 1.54) is 0 Å². The summed E-state index contributed by atoms with van der Waals surface area (Å²) >= 11 is 0. The standard InChI is InChI=1S/C13H21NO2/c1-9(2)7-10(3)14-11-5-6-13(16-4)12(15)8-11/h5-6,8-10,14-15H,7H2,1-4H3. The van der Waals surface area contributed by atoms with E-state index in [4.69, 9.17) is 4.74 Å². The fraction of sp³-hybridized carbons (Fsp3) is 0.538. The lowest BCUT2D eigenvalue weighted by Gasteiger charge is -2.17. The summed E-state index contributed by atoms with van der Waals surface area (Å²) in [5.74, 6) is 1.33. The Balaban J connectivity index is 2.64. The quantitative estimate of drug-likeness (QED) is 0.805. The average Bonchev–Trinajstić information content (AvgIpc) is 2.16. The zero-order chi connectivity index (χ0) is 12.1. The van der Waals surface area contributed by atoms with Crippen LogP contribution in [0.1, 0.15) is 27.2 Å². The molecule has 0 aliphatic heterocycles. The van der Waals surface area contributed by atoms with Gasteiger partial charge in [0.15, 0.2) is 11.5 Å². The third-order valence-corrected chi connectivity index (χ3v) is 2.42. The molecule has 0 amide bonds. The molecule has 0 radical (unpaired) electrons. The second-order valence-corrected chi connectivity index (χ2v) is 4.56. The first-order valence-electron chi connectivity index (χ1n) is 5.66. The smallest absolute Gasteiger partial charge is 0.160 e. The van der Waals surface area contributed by atoms with Crippen LogP contribution in [-0.4, -0.2) is 18.3 Å². The summed E-state index contributed by atoms with van der Waals surface area (Å²) in [6, 6.07) is 5.76. The topological polar surface area (TPSA) is 41.5 Å². The monoisotopic (exact) mass is 223 g/mol. The Morgan fingerprint density at radius 1 is 1.31 bits per heavy atom. The van der Waals surface area contributed by atoms with Gasteiger partial charge in [-0.05, 0) is 31.4 Å². The highest BCUT2D eigenvalue weighted by Gasteiger charge is 2.07. The summed E-state index contributed by atoms with van der Waals surface area (Å²) in [6.45, 7) is 6.54. The van der Waals surface area contributed by atoms with E-state index < -0.39 is 0 Å². The van der Waals surface area contributed by atoms with Gasteiger partial charge in [-0.15, -0.1) is 0 Å². The van der Waals surface area contributed by atoms with Crippen LogP contribution in [0.4, 0.5) is 5.69 Å². The normalized spacial score (nSPS) is 12.6. The molecule has 0 spiro atoms. The number of phenols is 1. The van der Waals surface area contributed by atoms with Crippen LogP contribution in [0.15, 0.2) is 18.2 Å². The van der Waals surface area contributed by atoms with Crippen molar-refractivity contribution in [2.45, 2.75) is 33.2 Å². The molecule has 90 valence electrons. The van der Waals surface area contributed by atoms with Crippen molar-refractivity contribution in [3.63, 3.8) is 0 Å². The number of nitrogens with one attached hydrogen (secondary N) is 1. The Morgan fingerprint density at radius 2 is 2.00 bits per heavy atom. The van der Waals surface area contributed by atoms with Crippen LogP contribution in [0, 0.1) is 5.92 Å². The average molecular weight is 223 g/mol. The number of hydrogen-bond donors (Lipinski definition) is 2. The van der Waals surface area contributed by atoms with Gasteiger partial charge in [-0.2, -0.15) is 0 Å². The number of hydrogen-bond acceptors (Lipinski definition) is 3. The van der Waals surface area contributed by atoms with Crippen LogP contribution >= 0.6 is 0 Å². The van der Waals surface area contributed by atoms with E-state index in [0.717, 1.165) is 12.1 Å². The Hall–Kier alpha value is -1.38. The second kappa shape index (κ2) is 5.64. The van der Waals surface area contributed by atoms with Gasteiger partial charge in [0.1, 0.15) is 0 Å². The molecular formula is C13H21NO2. The highest BCUT2D eigenvalue weighted by Crippen LogP contribution is 2.29. The Kier molecular flexibility index (Phi) is 4.47. The Morgan fingerprint density at radius 3 is 2.50 bits per heavy atom. The highest BCUT2D eigenvalue weighted by molar-refractivity contribution is 5.54. The fourth-order valence-electron chi connectivity index (χ4n) is 1.83. The van der Waals surface area contributed by atoms with E-state index in [1.807, 2.05) is 6.07 Å². The molecule has 0 heterocycles. The van der Waals surface area contributed by atoms with E-state index in [2.05, 4.69) is 26.1 Å². The van der Waals surface area contributed by atoms with E-state index in [-0.39, 0.29) is 5.75 Å². The maximum absolute atomic E-state index is 9.62. The molecule has 1 aromatic carbocycles. The third kappa shape index (κ3) is 3.65. The largest absolute Gasteiger partial charge is 0.504 e. The summed E-state index contributed by atoms with van der Waals surface area (Å²) in [5.41, 5.74) is 0.923. The number of benzene rings is 1. The number of anilines is 1. The molecule has 0 saturated heterocycles. The molecule has 3 heteroatoms. The van der Waals surface area contributed by atoms with Crippen molar-refractivity contribution < 1.29 is 9.84 Å². The summed E-state index contributed by atoms with van der Waals surface area (Å²) in [4.78, 5) is 0. The lowest BCUT2D eigenvalue weighted by Crippen LogP contribution is -2.17. The van der Waals surface area contributed by atoms with Crippen molar-refractivity contribution in [3.05, 3.63) is 18.2 Å². The third-order valence-electron chi connectivity index (χ3n) is 2.42. The number of phenolic OH excluding ortho intramolecular Hbond substituents is 1. The van der Waals surface area contributed by atoms with Gasteiger partial charge in [-0.3, -0.25) is 0 Å². The molecule has 1 atom stereocenters. The van der Waals surface area contributed by atoms with Crippen molar-refractivity contribution in [2.24, 2.45) is 5.92 Å². The molecule has 2 N–H and O–H groups in total. The maximum Gasteiger partial charge on any atom is 0.160 e. The van der Waals surface area contributed by atoms with Crippen LogP contribution in [0.2, 0.25) is 0 Å². The Labute approximate surface area is 97.4 Å². The van der Waals surface area contributed by atoms with Gasteiger partial charge >= 0.3 is 0 Å². The van der Waals surface area contributed by atoms with E-state index >= 15 is 0 Å². The van der Waals surface area contributed by atoms with Crippen LogP contribution in [0.3, 0.4) is 0 Å². The highest BCUT2D eigenvalue weighted by atomic mass is 16.5. The van der Waals surface area contributed by atoms with Crippen molar-refractivity contribution in [3.8, 4) is 11.5 Å². The minimum absolute atomic E-state index is 0.171. The van der Waals surface area contributed by atoms with Gasteiger partial charge in [0.2, 0.25) is 0 Å². The Bertz CT molecular complexity index is 337. The maximum atomic E-state index is 9.62. The summed E-state index contributed by atoms with van der Waals surface area (Å²) in [5, 5.41) is 13.0. The fourth-order valence-corrected chi connectivity index (χ4v) is 1.83. The molecule has 0 fully saturated rings. The molecule has 0 saturated carbocycles. The molecule has 3 nitrogen and oxygen atoms in total. The van der Waals surface area contributed by atoms with Gasteiger partial charge in [-0.1, -0.05) is 13.8 Å². The summed E-state index contributed by atoms with van der Waals surface area (Å²) in [6.07, 6.45) is 1.10. The van der Waals surface area contributed by atoms with Crippen LogP contribution in [0.25, 0.3) is 0 Å². The van der Waals surface area contributed by atoms with Gasteiger partial charge < -0.3 is 15.2 Å². The lowest BCUT2D eigenvalue weighted by molar-refractivity contribution is 0.373. The minimum atomic E-state index is 0.171. The van der Waals surface area contributed by atoms with Crippen molar-refractivity contribution in [2.75, 3.05) is 12.4 Å². The molecular weight excluding hydrogens is 202 g/mol. The van der Waals surface area contributed by atoms with Crippen LogP contribution < -0.4 is 10.1 Å². The van der Waals surface area contributed by atoms with E-state index in [9.17, 15) is 5.11 Å². The van der Waals surface area contributed by atoms with Gasteiger partial charge in [-0.25, -0.2) is 0 Å². The number of methoxy groups -OCH3 is 1. The van der Waals surface area contributed by atoms with E-state index in [0.29, 0.717) is 17.7 Å². The first-order valence-corrected chi connectivity index (χ1v) is 5.66. The first kappa shape index (κ1) is 12.7. The molecule has 1 unspecified atom stereocenters. The summed E-state index contributed by atoms with van der Waals surface area (Å²) < 4.78 is 4.99. The molecule has 16 heavy (non-hydrogen) atoms. The minimum Gasteiger partial charge on any atom is -0.504 e. The van der Waals surface area contributed by atoms with Crippen molar-refractivity contribution >= 4 is 5.69 Å². The molecule has 0 aromatic heterocycles. The molecule has 1 rings (SSSR count). The first-order chi connectivity index (χ1) is 7.52. The lowest BCUT2D eigenvalue weighted by atomic mass is 10.1. The number of aromatic hydroxyl groups is 1. The zero-order valence-electron chi connectivity index (χ0n) is 10.4. The zero-order valence-corrected chi connectivity index (χ0v) is 10.4. The number of ether oxygens (including phenoxy) is 1. The number of rotatable bonds is 5. The van der Waals surface area contributed by atoms with Gasteiger partial charge in [0, 0.05) is 17.8 Å². The molecule has 0 bridgehead atoms.